The molecule has 3 aliphatic rings. The van der Waals surface area contributed by atoms with E-state index in [1.165, 1.54) is 11.3 Å². The molecule has 2 aliphatic heterocycles. The Morgan fingerprint density at radius 1 is 1.00 bits per heavy atom. The van der Waals surface area contributed by atoms with E-state index in [4.69, 9.17) is 0 Å². The van der Waals surface area contributed by atoms with Crippen LogP contribution in [0.25, 0.3) is 0 Å². The number of piperidine rings is 2. The number of rotatable bonds is 4. The van der Waals surface area contributed by atoms with Crippen molar-refractivity contribution in [2.75, 3.05) is 24.5 Å². The first-order valence-corrected chi connectivity index (χ1v) is 10.5. The molecule has 4 rings (SSSR count). The van der Waals surface area contributed by atoms with Gasteiger partial charge in [0.1, 0.15) is 6.04 Å². The van der Waals surface area contributed by atoms with E-state index in [2.05, 4.69) is 41.4 Å². The second-order valence-electron chi connectivity index (χ2n) is 8.43. The van der Waals surface area contributed by atoms with Crippen LogP contribution in [-0.4, -0.2) is 48.4 Å². The van der Waals surface area contributed by atoms with Crippen molar-refractivity contribution in [3.05, 3.63) is 29.8 Å². The molecule has 1 unspecified atom stereocenters. The third-order valence-corrected chi connectivity index (χ3v) is 6.22. The number of nitrogens with one attached hydrogen (secondary N) is 1. The molecule has 1 aliphatic carbocycles. The number of aryl methyl sites for hydroxylation is 1. The quantitative estimate of drug-likeness (QED) is 0.888. The number of carbonyl (C=O) groups excluding carboxylic acids is 2. The molecule has 0 spiro atoms. The Morgan fingerprint density at radius 2 is 1.78 bits per heavy atom. The van der Waals surface area contributed by atoms with Gasteiger partial charge in [-0.15, -0.1) is 0 Å². The molecule has 2 heterocycles. The number of hydrogen-bond acceptors (Lipinski definition) is 3. The minimum atomic E-state index is -0.248. The molecule has 1 aromatic carbocycles. The summed E-state index contributed by atoms with van der Waals surface area (Å²) < 4.78 is 0. The van der Waals surface area contributed by atoms with Crippen molar-refractivity contribution in [2.45, 2.75) is 64.0 Å². The molecular formula is C22H31N3O2. The number of benzene rings is 1. The van der Waals surface area contributed by atoms with Gasteiger partial charge in [-0.05, 0) is 69.6 Å². The Labute approximate surface area is 162 Å². The summed E-state index contributed by atoms with van der Waals surface area (Å²) in [6.07, 6.45) is 6.80. The molecule has 1 aromatic rings. The molecular weight excluding hydrogens is 338 g/mol. The molecule has 1 N–H and O–H groups in total. The van der Waals surface area contributed by atoms with Crippen LogP contribution in [0.2, 0.25) is 0 Å². The van der Waals surface area contributed by atoms with E-state index in [1.54, 1.807) is 0 Å². The monoisotopic (exact) mass is 369 g/mol. The van der Waals surface area contributed by atoms with Crippen LogP contribution < -0.4 is 10.2 Å². The molecule has 5 heteroatoms. The second-order valence-corrected chi connectivity index (χ2v) is 8.43. The van der Waals surface area contributed by atoms with Crippen LogP contribution >= 0.6 is 0 Å². The molecule has 2 saturated heterocycles. The Kier molecular flexibility index (Phi) is 5.37. The molecule has 1 saturated carbocycles. The van der Waals surface area contributed by atoms with Gasteiger partial charge >= 0.3 is 0 Å². The molecule has 2 amide bonds. The predicted octanol–water partition coefficient (Wildman–Crippen LogP) is 2.87. The first-order chi connectivity index (χ1) is 13.1. The predicted molar refractivity (Wildman–Crippen MR) is 107 cm³/mol. The fraction of sp³-hybridized carbons (Fsp3) is 0.636. The van der Waals surface area contributed by atoms with Crippen molar-refractivity contribution >= 4 is 17.5 Å². The number of likely N-dealkylation sites (tertiary alicyclic amines) is 1. The maximum atomic E-state index is 12.9. The van der Waals surface area contributed by atoms with E-state index in [9.17, 15) is 9.59 Å². The largest absolute Gasteiger partial charge is 0.371 e. The lowest BCUT2D eigenvalue weighted by atomic mass is 9.98. The van der Waals surface area contributed by atoms with Crippen LogP contribution in [0.4, 0.5) is 5.69 Å². The first kappa shape index (κ1) is 18.3. The average Bonchev–Trinajstić information content (AvgIpc) is 3.53. The first-order valence-electron chi connectivity index (χ1n) is 10.5. The molecule has 5 nitrogen and oxygen atoms in total. The van der Waals surface area contributed by atoms with Crippen LogP contribution in [0.3, 0.4) is 0 Å². The average molecular weight is 370 g/mol. The van der Waals surface area contributed by atoms with Crippen molar-refractivity contribution in [1.29, 1.82) is 0 Å². The van der Waals surface area contributed by atoms with Gasteiger partial charge in [-0.2, -0.15) is 0 Å². The molecule has 27 heavy (non-hydrogen) atoms. The van der Waals surface area contributed by atoms with Gasteiger partial charge in [0, 0.05) is 37.3 Å². The lowest BCUT2D eigenvalue weighted by Crippen LogP contribution is -2.55. The Morgan fingerprint density at radius 3 is 2.48 bits per heavy atom. The molecule has 0 aromatic heterocycles. The summed E-state index contributed by atoms with van der Waals surface area (Å²) in [7, 11) is 0. The van der Waals surface area contributed by atoms with E-state index in [1.807, 2.05) is 4.90 Å². The van der Waals surface area contributed by atoms with E-state index in [0.29, 0.717) is 0 Å². The minimum absolute atomic E-state index is 0.0673. The lowest BCUT2D eigenvalue weighted by Gasteiger charge is -2.38. The third kappa shape index (κ3) is 4.28. The zero-order valence-electron chi connectivity index (χ0n) is 16.3. The van der Waals surface area contributed by atoms with E-state index >= 15 is 0 Å². The highest BCUT2D eigenvalue weighted by Gasteiger charge is 2.40. The van der Waals surface area contributed by atoms with E-state index < -0.39 is 0 Å². The highest BCUT2D eigenvalue weighted by molar-refractivity contribution is 5.89. The Balaban J connectivity index is 1.31. The smallest absolute Gasteiger partial charge is 0.243 e. The van der Waals surface area contributed by atoms with Gasteiger partial charge < -0.3 is 15.1 Å². The number of amides is 2. The highest BCUT2D eigenvalue weighted by atomic mass is 16.2. The highest BCUT2D eigenvalue weighted by Crippen LogP contribution is 2.33. The van der Waals surface area contributed by atoms with Gasteiger partial charge in [-0.1, -0.05) is 12.1 Å². The summed E-state index contributed by atoms with van der Waals surface area (Å²) >= 11 is 0. The zero-order chi connectivity index (χ0) is 18.8. The SMILES string of the molecule is Cc1cccc(N2CCC(NC(=O)C3CCCCN3C(=O)C3CC3)CC2)c1. The summed E-state index contributed by atoms with van der Waals surface area (Å²) in [6, 6.07) is 8.58. The molecule has 3 fully saturated rings. The summed E-state index contributed by atoms with van der Waals surface area (Å²) in [4.78, 5) is 29.7. The van der Waals surface area contributed by atoms with Crippen molar-refractivity contribution < 1.29 is 9.59 Å². The minimum Gasteiger partial charge on any atom is -0.371 e. The third-order valence-electron chi connectivity index (χ3n) is 6.22. The van der Waals surface area contributed by atoms with Gasteiger partial charge in [-0.25, -0.2) is 0 Å². The van der Waals surface area contributed by atoms with Crippen LogP contribution in [0.5, 0.6) is 0 Å². The lowest BCUT2D eigenvalue weighted by molar-refractivity contribution is -0.143. The second kappa shape index (κ2) is 7.91. The maximum Gasteiger partial charge on any atom is 0.243 e. The van der Waals surface area contributed by atoms with Crippen LogP contribution in [-0.2, 0) is 9.59 Å². The van der Waals surface area contributed by atoms with Gasteiger partial charge in [0.2, 0.25) is 11.8 Å². The Bertz CT molecular complexity index is 693. The van der Waals surface area contributed by atoms with Gasteiger partial charge in [0.15, 0.2) is 0 Å². The summed E-state index contributed by atoms with van der Waals surface area (Å²) in [6.45, 7) is 4.79. The summed E-state index contributed by atoms with van der Waals surface area (Å²) in [5, 5.41) is 3.26. The number of hydrogen-bond donors (Lipinski definition) is 1. The Hall–Kier alpha value is -2.04. The van der Waals surface area contributed by atoms with Gasteiger partial charge in [-0.3, -0.25) is 9.59 Å². The van der Waals surface area contributed by atoms with Crippen molar-refractivity contribution in [3.63, 3.8) is 0 Å². The van der Waals surface area contributed by atoms with Crippen molar-refractivity contribution in [1.82, 2.24) is 10.2 Å². The topological polar surface area (TPSA) is 52.7 Å². The van der Waals surface area contributed by atoms with Gasteiger partial charge in [0.05, 0.1) is 0 Å². The van der Waals surface area contributed by atoms with E-state index in [-0.39, 0.29) is 29.8 Å². The van der Waals surface area contributed by atoms with Gasteiger partial charge in [0.25, 0.3) is 0 Å². The summed E-state index contributed by atoms with van der Waals surface area (Å²) in [5.74, 6) is 0.470. The molecule has 146 valence electrons. The number of anilines is 1. The number of nitrogens with zero attached hydrogens (tertiary/aromatic N) is 2. The number of carbonyl (C=O) groups is 2. The standard InChI is InChI=1S/C22H31N3O2/c1-16-5-4-6-19(15-16)24-13-10-18(11-14-24)23-21(26)20-7-2-3-12-25(20)22(27)17-8-9-17/h4-6,15,17-18,20H,2-3,7-14H2,1H3,(H,23,26). The summed E-state index contributed by atoms with van der Waals surface area (Å²) in [5.41, 5.74) is 2.55. The molecule has 0 bridgehead atoms. The fourth-order valence-electron chi connectivity index (χ4n) is 4.44. The van der Waals surface area contributed by atoms with Crippen molar-refractivity contribution in [3.8, 4) is 0 Å². The van der Waals surface area contributed by atoms with Crippen LogP contribution in [0, 0.1) is 12.8 Å². The van der Waals surface area contributed by atoms with E-state index in [0.717, 1.165) is 64.6 Å². The fourth-order valence-corrected chi connectivity index (χ4v) is 4.44. The maximum absolute atomic E-state index is 12.9. The molecule has 0 radical (unpaired) electrons. The van der Waals surface area contributed by atoms with Crippen LogP contribution in [0.15, 0.2) is 24.3 Å². The normalized spacial score (nSPS) is 24.0. The molecule has 1 atom stereocenters. The van der Waals surface area contributed by atoms with Crippen LogP contribution in [0.1, 0.15) is 50.5 Å². The van der Waals surface area contributed by atoms with Crippen molar-refractivity contribution in [2.24, 2.45) is 5.92 Å². The zero-order valence-corrected chi connectivity index (χ0v) is 16.3.